The van der Waals surface area contributed by atoms with E-state index in [1.54, 1.807) is 11.1 Å². The molecule has 0 nitrogen and oxygen atoms in total. The number of allylic oxidation sites excluding steroid dienone is 2. The van der Waals surface area contributed by atoms with E-state index in [1.165, 1.54) is 44.5 Å². The van der Waals surface area contributed by atoms with E-state index in [2.05, 4.69) is 162 Å². The Morgan fingerprint density at radius 2 is 0.932 bits per heavy atom. The molecule has 4 aromatic rings. The van der Waals surface area contributed by atoms with Crippen molar-refractivity contribution in [1.82, 2.24) is 0 Å². The number of aryl methyl sites for hydroxylation is 2. The number of benzene rings is 4. The molecule has 0 saturated carbocycles. The zero-order valence-electron chi connectivity index (χ0n) is 28.4. The van der Waals surface area contributed by atoms with Crippen molar-refractivity contribution in [2.75, 3.05) is 0 Å². The SMILES string of the molecule is Cc1cccc(-c2cccc3c2C=C2[CH]3[Hf]([CH3])([CH3])[CH]3C(=Cc4c(-c5cccc(C)c5)cccc43)[Si]2(C(C)(C)C)C(C)(C)C)c1. The second-order valence-electron chi connectivity index (χ2n) is 16.5. The van der Waals surface area contributed by atoms with E-state index in [0.29, 0.717) is 7.35 Å². The Labute approximate surface area is 271 Å². The Hall–Kier alpha value is -2.55. The van der Waals surface area contributed by atoms with Gasteiger partial charge in [-0.25, -0.2) is 0 Å². The van der Waals surface area contributed by atoms with Gasteiger partial charge in [0, 0.05) is 0 Å². The Bertz CT molecular complexity index is 1750. The third-order valence-electron chi connectivity index (χ3n) is 11.4. The molecule has 3 aliphatic rings. The van der Waals surface area contributed by atoms with Crippen molar-refractivity contribution in [2.24, 2.45) is 0 Å². The van der Waals surface area contributed by atoms with Gasteiger partial charge in [-0.1, -0.05) is 0 Å². The summed E-state index contributed by atoms with van der Waals surface area (Å²) in [5.74, 6) is 0. The molecule has 1 aliphatic heterocycles. The van der Waals surface area contributed by atoms with Crippen LogP contribution in [0.1, 0.15) is 82.3 Å². The van der Waals surface area contributed by atoms with Gasteiger partial charge in [0.05, 0.1) is 0 Å². The average Bonchev–Trinajstić information content (AvgIpc) is 3.52. The van der Waals surface area contributed by atoms with Crippen LogP contribution in [0, 0.1) is 13.8 Å². The summed E-state index contributed by atoms with van der Waals surface area (Å²) in [6, 6.07) is 32.8. The molecule has 2 heteroatoms. The molecule has 224 valence electrons. The summed E-state index contributed by atoms with van der Waals surface area (Å²) in [6.07, 6.45) is 5.54. The number of hydrogen-bond acceptors (Lipinski definition) is 0. The average molecular weight is 759 g/mol. The standard InChI is InChI=1S/C40H42Si.2CH3.Hf/c1-27-13-9-15-29(21-27)35-19-11-17-31-23-33(25-37(31)35)41(39(3,4)5,40(6,7)8)34-24-32-18-12-20-36(38(32)26-34)30-16-10-14-28(2)22-30;;;/h9-26H,1-8H3;2*1H3;. The molecule has 0 N–H and O–H groups in total. The predicted octanol–water partition coefficient (Wildman–Crippen LogP) is 12.6. The van der Waals surface area contributed by atoms with E-state index in [0.717, 1.165) is 0 Å². The molecule has 2 atom stereocenters. The zero-order chi connectivity index (χ0) is 31.4. The van der Waals surface area contributed by atoms with Gasteiger partial charge in [-0.15, -0.1) is 0 Å². The van der Waals surface area contributed by atoms with Crippen LogP contribution in [0.15, 0.2) is 95.3 Å². The summed E-state index contributed by atoms with van der Waals surface area (Å²) in [7, 11) is -2.32. The molecule has 0 aromatic heterocycles. The van der Waals surface area contributed by atoms with Crippen molar-refractivity contribution in [3.63, 3.8) is 0 Å². The first-order valence-electron chi connectivity index (χ1n) is 16.5. The first kappa shape index (κ1) is 30.1. The molecule has 4 aromatic carbocycles. The van der Waals surface area contributed by atoms with Crippen molar-refractivity contribution >= 4 is 20.2 Å². The summed E-state index contributed by atoms with van der Waals surface area (Å²) < 4.78 is 6.83. The van der Waals surface area contributed by atoms with Gasteiger partial charge >= 0.3 is 273 Å². The fraction of sp³-hybridized carbons (Fsp3) is 0.333. The number of rotatable bonds is 2. The van der Waals surface area contributed by atoms with Gasteiger partial charge in [-0.05, 0) is 0 Å². The van der Waals surface area contributed by atoms with Crippen LogP contribution in [0.2, 0.25) is 19.4 Å². The maximum atomic E-state index is 2.80. The van der Waals surface area contributed by atoms with Crippen LogP contribution in [0.5, 0.6) is 0 Å². The quantitative estimate of drug-likeness (QED) is 0.179. The summed E-state index contributed by atoms with van der Waals surface area (Å²) in [5.41, 5.74) is 14.5. The third-order valence-corrected chi connectivity index (χ3v) is 35.7. The summed E-state index contributed by atoms with van der Waals surface area (Å²) in [6.45, 7) is 20.0. The molecular weight excluding hydrogens is 711 g/mol. The van der Waals surface area contributed by atoms with Crippen LogP contribution >= 0.6 is 0 Å². The molecule has 44 heavy (non-hydrogen) atoms. The normalized spacial score (nSPS) is 21.1. The van der Waals surface area contributed by atoms with Gasteiger partial charge in [0.2, 0.25) is 0 Å². The molecule has 0 bridgehead atoms. The van der Waals surface area contributed by atoms with E-state index >= 15 is 0 Å². The van der Waals surface area contributed by atoms with E-state index in [-0.39, 0.29) is 10.1 Å². The van der Waals surface area contributed by atoms with Crippen molar-refractivity contribution in [3.8, 4) is 22.3 Å². The van der Waals surface area contributed by atoms with Gasteiger partial charge in [0.15, 0.2) is 0 Å². The van der Waals surface area contributed by atoms with Crippen LogP contribution in [-0.2, 0) is 20.0 Å². The van der Waals surface area contributed by atoms with Gasteiger partial charge in [0.1, 0.15) is 0 Å². The Morgan fingerprint density at radius 3 is 1.30 bits per heavy atom. The summed E-state index contributed by atoms with van der Waals surface area (Å²) >= 11 is -3.17. The zero-order valence-corrected chi connectivity index (χ0v) is 33.0. The van der Waals surface area contributed by atoms with E-state index in [1.807, 2.05) is 10.4 Å². The molecule has 7 rings (SSSR count). The second kappa shape index (κ2) is 9.97. The maximum absolute atomic E-state index is 3.17. The molecule has 1 saturated heterocycles. The number of fused-ring (bicyclic) bond motifs is 6. The van der Waals surface area contributed by atoms with Crippen LogP contribution < -0.4 is 0 Å². The van der Waals surface area contributed by atoms with Crippen molar-refractivity contribution in [2.45, 2.75) is 82.2 Å². The Balaban J connectivity index is 1.56. The molecule has 2 unspecified atom stereocenters. The van der Waals surface area contributed by atoms with E-state index in [9.17, 15) is 0 Å². The van der Waals surface area contributed by atoms with Crippen LogP contribution in [0.25, 0.3) is 34.4 Å². The van der Waals surface area contributed by atoms with E-state index < -0.39 is 28.0 Å². The minimum atomic E-state index is -3.17. The Kier molecular flexibility index (Phi) is 6.83. The van der Waals surface area contributed by atoms with Crippen molar-refractivity contribution in [3.05, 3.63) is 129 Å². The second-order valence-corrected chi connectivity index (χ2v) is 39.4. The molecule has 0 radical (unpaired) electrons. The molecular formula is C42H48HfSi. The summed E-state index contributed by atoms with van der Waals surface area (Å²) in [5, 5.41) is 4.04. The first-order chi connectivity index (χ1) is 20.7. The van der Waals surface area contributed by atoms with Gasteiger partial charge in [-0.3, -0.25) is 0 Å². The van der Waals surface area contributed by atoms with Gasteiger partial charge in [-0.2, -0.15) is 0 Å². The van der Waals surface area contributed by atoms with Crippen LogP contribution in [0.4, 0.5) is 0 Å². The monoisotopic (exact) mass is 760 g/mol. The molecule has 0 amide bonds. The van der Waals surface area contributed by atoms with Crippen molar-refractivity contribution < 1.29 is 20.0 Å². The minimum absolute atomic E-state index is 0.167. The fourth-order valence-corrected chi connectivity index (χ4v) is 44.2. The topological polar surface area (TPSA) is 0 Å². The fourth-order valence-electron chi connectivity index (χ4n) is 10.4. The van der Waals surface area contributed by atoms with Crippen LogP contribution in [0.3, 0.4) is 0 Å². The Morgan fingerprint density at radius 1 is 0.545 bits per heavy atom. The van der Waals surface area contributed by atoms with Gasteiger partial charge in [0.25, 0.3) is 0 Å². The van der Waals surface area contributed by atoms with Crippen molar-refractivity contribution in [1.29, 1.82) is 0 Å². The molecule has 2 aliphatic carbocycles. The molecule has 1 fully saturated rings. The predicted molar refractivity (Wildman–Crippen MR) is 192 cm³/mol. The van der Waals surface area contributed by atoms with Gasteiger partial charge < -0.3 is 0 Å². The number of hydrogen-bond donors (Lipinski definition) is 0. The van der Waals surface area contributed by atoms with Crippen LogP contribution in [-0.4, -0.2) is 8.07 Å². The molecule has 0 spiro atoms. The third kappa shape index (κ3) is 4.09. The summed E-state index contributed by atoms with van der Waals surface area (Å²) in [4.78, 5) is 0. The van der Waals surface area contributed by atoms with E-state index in [4.69, 9.17) is 0 Å². The molecule has 1 heterocycles. The first-order valence-corrected chi connectivity index (χ1v) is 29.9.